The van der Waals surface area contributed by atoms with Gasteiger partial charge in [0, 0.05) is 41.7 Å². The highest BCUT2D eigenvalue weighted by Gasteiger charge is 2.35. The van der Waals surface area contributed by atoms with E-state index in [2.05, 4.69) is 16.8 Å². The summed E-state index contributed by atoms with van der Waals surface area (Å²) in [6, 6.07) is 7.73. The third-order valence-corrected chi connectivity index (χ3v) is 8.81. The zero-order valence-corrected chi connectivity index (χ0v) is 20.6. The molecule has 1 aliphatic heterocycles. The Morgan fingerprint density at radius 2 is 2.03 bits per heavy atom. The highest BCUT2D eigenvalue weighted by Crippen LogP contribution is 2.36. The van der Waals surface area contributed by atoms with Gasteiger partial charge in [-0.05, 0) is 50.6 Å². The summed E-state index contributed by atoms with van der Waals surface area (Å²) >= 11 is 0. The van der Waals surface area contributed by atoms with Crippen molar-refractivity contribution < 1.29 is 18.3 Å². The van der Waals surface area contributed by atoms with Crippen LogP contribution in [-0.4, -0.2) is 65.1 Å². The number of sulfone groups is 1. The summed E-state index contributed by atoms with van der Waals surface area (Å²) in [7, 11) is -3.45. The van der Waals surface area contributed by atoms with Gasteiger partial charge in [-0.1, -0.05) is 0 Å². The molecule has 10 heteroatoms. The number of morpholine rings is 1. The molecule has 0 unspecified atom stereocenters. The summed E-state index contributed by atoms with van der Waals surface area (Å²) in [6.07, 6.45) is 4.85. The van der Waals surface area contributed by atoms with Gasteiger partial charge >= 0.3 is 0 Å². The number of rotatable bonds is 5. The van der Waals surface area contributed by atoms with E-state index < -0.39 is 14.7 Å². The van der Waals surface area contributed by atoms with Crippen molar-refractivity contribution in [3.05, 3.63) is 42.2 Å². The highest BCUT2D eigenvalue weighted by molar-refractivity contribution is 7.91. The predicted molar refractivity (Wildman–Crippen MR) is 133 cm³/mol. The van der Waals surface area contributed by atoms with Crippen molar-refractivity contribution in [2.24, 2.45) is 0 Å². The molecule has 0 aliphatic carbocycles. The molecule has 0 amide bonds. The van der Waals surface area contributed by atoms with E-state index in [-0.39, 0.29) is 12.6 Å². The standard InChI is InChI=1S/C24H29N5O4S/c1-15-14-33-10-9-28(15)22-18-6-8-29(24(2,3)34(4,31)32)23(18)27-21(26-22)19-11-16(13-30)12-20-17(19)5-7-25-20/h5-8,11-12,15,25,30H,9-10,13-14H2,1-4H3/t15-/m1/s1. The minimum absolute atomic E-state index is 0.0991. The molecule has 3 aromatic heterocycles. The van der Waals surface area contributed by atoms with Gasteiger partial charge in [0.2, 0.25) is 0 Å². The van der Waals surface area contributed by atoms with Crippen LogP contribution in [0.15, 0.2) is 36.7 Å². The van der Waals surface area contributed by atoms with Crippen LogP contribution in [0.3, 0.4) is 0 Å². The Balaban J connectivity index is 1.83. The Bertz CT molecular complexity index is 1490. The molecule has 5 rings (SSSR count). The lowest BCUT2D eigenvalue weighted by Gasteiger charge is -2.35. The number of hydrogen-bond acceptors (Lipinski definition) is 7. The maximum Gasteiger partial charge on any atom is 0.171 e. The van der Waals surface area contributed by atoms with Gasteiger partial charge in [-0.25, -0.2) is 18.4 Å². The maximum atomic E-state index is 12.7. The number of hydrogen-bond donors (Lipinski definition) is 2. The van der Waals surface area contributed by atoms with E-state index in [4.69, 9.17) is 14.7 Å². The molecule has 1 aromatic carbocycles. The van der Waals surface area contributed by atoms with Crippen LogP contribution >= 0.6 is 0 Å². The van der Waals surface area contributed by atoms with Crippen LogP contribution in [0.4, 0.5) is 5.82 Å². The van der Waals surface area contributed by atoms with E-state index in [0.717, 1.165) is 33.2 Å². The molecule has 9 nitrogen and oxygen atoms in total. The number of fused-ring (bicyclic) bond motifs is 2. The number of H-pyrrole nitrogens is 1. The van der Waals surface area contributed by atoms with E-state index >= 15 is 0 Å². The second-order valence-electron chi connectivity index (χ2n) is 9.37. The second-order valence-corrected chi connectivity index (χ2v) is 11.9. The molecule has 0 saturated carbocycles. The Morgan fingerprint density at radius 1 is 1.24 bits per heavy atom. The molecule has 4 aromatic rings. The molecule has 0 radical (unpaired) electrons. The molecular weight excluding hydrogens is 454 g/mol. The van der Waals surface area contributed by atoms with Gasteiger partial charge in [0.15, 0.2) is 15.7 Å². The van der Waals surface area contributed by atoms with Crippen LogP contribution in [0.1, 0.15) is 26.3 Å². The molecule has 0 spiro atoms. The van der Waals surface area contributed by atoms with Gasteiger partial charge in [-0.2, -0.15) is 0 Å². The van der Waals surface area contributed by atoms with Crippen molar-refractivity contribution >= 4 is 37.6 Å². The third kappa shape index (κ3) is 3.57. The minimum Gasteiger partial charge on any atom is -0.392 e. The second kappa shape index (κ2) is 8.07. The van der Waals surface area contributed by atoms with Gasteiger partial charge in [-0.3, -0.25) is 0 Å². The topological polar surface area (TPSA) is 113 Å². The number of aliphatic hydroxyl groups is 1. The van der Waals surface area contributed by atoms with E-state index in [1.165, 1.54) is 6.26 Å². The summed E-state index contributed by atoms with van der Waals surface area (Å²) in [6.45, 7) is 7.16. The van der Waals surface area contributed by atoms with Gasteiger partial charge in [0.1, 0.15) is 16.3 Å². The Labute approximate surface area is 198 Å². The Hall–Kier alpha value is -2.95. The number of aromatic nitrogens is 4. The Morgan fingerprint density at radius 3 is 2.74 bits per heavy atom. The fourth-order valence-corrected chi connectivity index (χ4v) is 5.00. The zero-order valence-electron chi connectivity index (χ0n) is 19.7. The van der Waals surface area contributed by atoms with E-state index in [9.17, 15) is 13.5 Å². The maximum absolute atomic E-state index is 12.7. The van der Waals surface area contributed by atoms with Crippen molar-refractivity contribution in [1.82, 2.24) is 19.5 Å². The molecule has 2 N–H and O–H groups in total. The average Bonchev–Trinajstić information content (AvgIpc) is 3.44. The van der Waals surface area contributed by atoms with E-state index in [1.807, 2.05) is 30.5 Å². The number of nitrogens with zero attached hydrogens (tertiary/aromatic N) is 4. The van der Waals surface area contributed by atoms with Gasteiger partial charge in [0.05, 0.1) is 31.2 Å². The van der Waals surface area contributed by atoms with E-state index in [1.54, 1.807) is 24.6 Å². The summed E-state index contributed by atoms with van der Waals surface area (Å²) < 4.78 is 32.7. The number of aromatic amines is 1. The first-order chi connectivity index (χ1) is 16.1. The Kier molecular flexibility index (Phi) is 5.42. The summed E-state index contributed by atoms with van der Waals surface area (Å²) in [4.78, 5) is 14.1. The fourth-order valence-electron chi connectivity index (χ4n) is 4.50. The van der Waals surface area contributed by atoms with Crippen molar-refractivity contribution in [3.8, 4) is 11.4 Å². The lowest BCUT2D eigenvalue weighted by molar-refractivity contribution is 0.0987. The zero-order chi connectivity index (χ0) is 24.3. The molecule has 4 heterocycles. The molecule has 1 fully saturated rings. The van der Waals surface area contributed by atoms with Crippen LogP contribution in [0, 0.1) is 0 Å². The normalized spacial score (nSPS) is 17.7. The van der Waals surface area contributed by atoms with Crippen molar-refractivity contribution in [2.45, 2.75) is 38.3 Å². The van der Waals surface area contributed by atoms with Crippen molar-refractivity contribution in [3.63, 3.8) is 0 Å². The average molecular weight is 484 g/mol. The predicted octanol–water partition coefficient (Wildman–Crippen LogP) is 3.03. The minimum atomic E-state index is -3.45. The lowest BCUT2D eigenvalue weighted by Crippen LogP contribution is -2.44. The smallest absolute Gasteiger partial charge is 0.171 e. The molecule has 1 aliphatic rings. The first-order valence-electron chi connectivity index (χ1n) is 11.3. The first kappa shape index (κ1) is 22.8. The van der Waals surface area contributed by atoms with Crippen molar-refractivity contribution in [1.29, 1.82) is 0 Å². The SMILES string of the molecule is C[C@@H]1COCCN1c1nc(-c2cc(CO)cc3[nH]ccc23)nc2c1ccn2C(C)(C)S(C)(=O)=O. The molecule has 1 atom stereocenters. The molecule has 1 saturated heterocycles. The summed E-state index contributed by atoms with van der Waals surface area (Å²) in [5.41, 5.74) is 2.93. The quantitative estimate of drug-likeness (QED) is 0.449. The molecular formula is C24H29N5O4S. The van der Waals surface area contributed by atoms with Crippen LogP contribution in [0.25, 0.3) is 33.3 Å². The first-order valence-corrected chi connectivity index (χ1v) is 13.2. The van der Waals surface area contributed by atoms with Gasteiger partial charge < -0.3 is 24.3 Å². The monoisotopic (exact) mass is 483 g/mol. The van der Waals surface area contributed by atoms with Gasteiger partial charge in [-0.15, -0.1) is 0 Å². The number of benzene rings is 1. The van der Waals surface area contributed by atoms with Crippen LogP contribution in [0.5, 0.6) is 0 Å². The molecule has 0 bridgehead atoms. The van der Waals surface area contributed by atoms with Crippen molar-refractivity contribution in [2.75, 3.05) is 30.9 Å². The number of nitrogens with one attached hydrogen (secondary N) is 1. The van der Waals surface area contributed by atoms with Crippen LogP contribution < -0.4 is 4.90 Å². The molecule has 180 valence electrons. The summed E-state index contributed by atoms with van der Waals surface area (Å²) in [5.74, 6) is 1.22. The number of anilines is 1. The fraction of sp³-hybridized carbons (Fsp3) is 0.417. The largest absolute Gasteiger partial charge is 0.392 e. The van der Waals surface area contributed by atoms with Crippen LogP contribution in [-0.2, 0) is 26.1 Å². The third-order valence-electron chi connectivity index (χ3n) is 6.80. The number of ether oxygens (including phenoxy) is 1. The lowest BCUT2D eigenvalue weighted by atomic mass is 10.1. The van der Waals surface area contributed by atoms with Gasteiger partial charge in [0.25, 0.3) is 0 Å². The highest BCUT2D eigenvalue weighted by atomic mass is 32.2. The van der Waals surface area contributed by atoms with Crippen LogP contribution in [0.2, 0.25) is 0 Å². The number of aliphatic hydroxyl groups excluding tert-OH is 1. The molecule has 34 heavy (non-hydrogen) atoms. The summed E-state index contributed by atoms with van der Waals surface area (Å²) in [5, 5.41) is 11.5. The van der Waals surface area contributed by atoms with E-state index in [0.29, 0.717) is 31.2 Å².